The Balaban J connectivity index is 5.38. The molecule has 0 aromatic rings. The minimum atomic E-state index is -4.98. The first-order valence-electron chi connectivity index (χ1n) is 39.5. The van der Waals surface area contributed by atoms with Crippen molar-refractivity contribution in [2.24, 2.45) is 0 Å². The summed E-state index contributed by atoms with van der Waals surface area (Å²) in [6.07, 6.45) is 76.7. The lowest BCUT2D eigenvalue weighted by Gasteiger charge is -2.21. The lowest BCUT2D eigenvalue weighted by molar-refractivity contribution is -0.161. The molecule has 0 radical (unpaired) electrons. The molecule has 0 aromatic heterocycles. The van der Waals surface area contributed by atoms with Crippen LogP contribution in [0, 0.1) is 0 Å². The summed E-state index contributed by atoms with van der Waals surface area (Å²) in [7, 11) is -9.96. The van der Waals surface area contributed by atoms with Crippen LogP contribution in [-0.2, 0) is 65.4 Å². The number of carbonyl (C=O) groups is 4. The Morgan fingerprint density at radius 1 is 0.290 bits per heavy atom. The van der Waals surface area contributed by atoms with Gasteiger partial charge in [0.15, 0.2) is 12.2 Å². The third-order valence-corrected chi connectivity index (χ3v) is 18.4. The van der Waals surface area contributed by atoms with Crippen molar-refractivity contribution in [3.05, 3.63) is 97.2 Å². The van der Waals surface area contributed by atoms with Gasteiger partial charge in [-0.05, 0) is 148 Å². The molecule has 0 fully saturated rings. The van der Waals surface area contributed by atoms with Gasteiger partial charge < -0.3 is 33.8 Å². The first-order valence-corrected chi connectivity index (χ1v) is 42.5. The van der Waals surface area contributed by atoms with Gasteiger partial charge in [-0.25, -0.2) is 9.13 Å². The Kier molecular flexibility index (Phi) is 70.4. The zero-order valence-corrected chi connectivity index (χ0v) is 64.9. The molecule has 0 amide bonds. The van der Waals surface area contributed by atoms with E-state index in [1.165, 1.54) is 89.9 Å². The maximum Gasteiger partial charge on any atom is 0.472 e. The smallest absolute Gasteiger partial charge is 0.462 e. The van der Waals surface area contributed by atoms with Crippen LogP contribution in [0.25, 0.3) is 0 Å². The topological polar surface area (TPSA) is 237 Å². The molecular formula is C81H142O17P2. The molecule has 5 unspecified atom stereocenters. The SMILES string of the molecule is CC/C=C\C/C=C\C/C=C\C/C=C\C/C=C\CCCCCC(=O)OCC(COP(=O)(O)OCC(O)COP(=O)(O)OCC(COC(=O)CCCCCCC/C=C\CCCCCC)OC(=O)CCCCCCC/C=C\CCCCCC)OC(=O)CCCCCCC/C=C\CCCCCCCC. The number of esters is 4. The second-order valence-corrected chi connectivity index (χ2v) is 29.2. The standard InChI is InChI=1S/C81H142O17P2/c1-5-9-13-17-21-25-29-33-35-36-37-38-40-43-46-50-54-58-62-66-79(84)92-72-77(98-81(86)68-64-60-56-52-48-44-39-34-30-26-22-18-14-10-6-2)74-96-100(89,90)94-70-75(82)69-93-99(87,88)95-73-76(97-80(85)67-63-59-55-51-47-42-32-28-24-20-16-12-8-4)71-91-78(83)65-61-57-53-49-45-41-31-27-23-19-15-11-7-3/h9,13,21,25,27-28,31-35,37-39,43,46,75-77,82H,5-8,10-12,14-20,22-24,26,29-30,36,40-42,44-45,47-74H2,1-4H3,(H,87,88)(H,89,90)/b13-9-,25-21-,31-27-,32-28-,35-33-,38-37-,39-34-,46-43-. The highest BCUT2D eigenvalue weighted by atomic mass is 31.2. The molecule has 0 bridgehead atoms. The Morgan fingerprint density at radius 2 is 0.520 bits per heavy atom. The van der Waals surface area contributed by atoms with Crippen molar-refractivity contribution in [1.29, 1.82) is 0 Å². The lowest BCUT2D eigenvalue weighted by atomic mass is 10.1. The maximum absolute atomic E-state index is 13.1. The van der Waals surface area contributed by atoms with Crippen molar-refractivity contribution in [3.63, 3.8) is 0 Å². The number of ether oxygens (including phenoxy) is 4. The number of aliphatic hydroxyl groups is 1. The van der Waals surface area contributed by atoms with Gasteiger partial charge in [-0.15, -0.1) is 0 Å². The van der Waals surface area contributed by atoms with Crippen LogP contribution in [0.2, 0.25) is 0 Å². The molecule has 0 spiro atoms. The molecule has 100 heavy (non-hydrogen) atoms. The molecule has 578 valence electrons. The van der Waals surface area contributed by atoms with E-state index in [2.05, 4.69) is 125 Å². The Labute approximate surface area is 607 Å². The Morgan fingerprint density at radius 3 is 0.830 bits per heavy atom. The largest absolute Gasteiger partial charge is 0.472 e. The van der Waals surface area contributed by atoms with Crippen LogP contribution in [0.5, 0.6) is 0 Å². The molecule has 0 aliphatic carbocycles. The van der Waals surface area contributed by atoms with Crippen molar-refractivity contribution >= 4 is 39.5 Å². The summed E-state index contributed by atoms with van der Waals surface area (Å²) in [5, 5.41) is 10.6. The maximum atomic E-state index is 13.1. The molecule has 0 saturated heterocycles. The quantitative estimate of drug-likeness (QED) is 0.0169. The van der Waals surface area contributed by atoms with Crippen LogP contribution in [0.4, 0.5) is 0 Å². The van der Waals surface area contributed by atoms with Gasteiger partial charge in [0, 0.05) is 25.7 Å². The number of hydrogen-bond donors (Lipinski definition) is 3. The Hall–Kier alpha value is -4.02. The van der Waals surface area contributed by atoms with Crippen LogP contribution in [-0.4, -0.2) is 96.7 Å². The molecule has 3 N–H and O–H groups in total. The van der Waals surface area contributed by atoms with E-state index in [1.807, 2.05) is 0 Å². The zero-order valence-electron chi connectivity index (χ0n) is 63.1. The number of aliphatic hydroxyl groups excluding tert-OH is 1. The normalized spacial score (nSPS) is 14.4. The van der Waals surface area contributed by atoms with Crippen LogP contribution in [0.1, 0.15) is 336 Å². The van der Waals surface area contributed by atoms with E-state index in [4.69, 9.17) is 37.0 Å². The van der Waals surface area contributed by atoms with Crippen LogP contribution < -0.4 is 0 Å². The lowest BCUT2D eigenvalue weighted by Crippen LogP contribution is -2.30. The highest BCUT2D eigenvalue weighted by Crippen LogP contribution is 2.45. The number of hydrogen-bond acceptors (Lipinski definition) is 15. The molecule has 17 nitrogen and oxygen atoms in total. The van der Waals surface area contributed by atoms with Gasteiger partial charge in [-0.1, -0.05) is 260 Å². The summed E-state index contributed by atoms with van der Waals surface area (Å²) in [6.45, 7) is 4.69. The average molecular weight is 1450 g/mol. The molecule has 19 heteroatoms. The highest BCUT2D eigenvalue weighted by molar-refractivity contribution is 7.47. The van der Waals surface area contributed by atoms with E-state index >= 15 is 0 Å². The van der Waals surface area contributed by atoms with E-state index in [-0.39, 0.29) is 25.7 Å². The first kappa shape index (κ1) is 96.0. The monoisotopic (exact) mass is 1450 g/mol. The van der Waals surface area contributed by atoms with E-state index in [1.54, 1.807) is 0 Å². The number of carbonyl (C=O) groups excluding carboxylic acids is 4. The third-order valence-electron chi connectivity index (χ3n) is 16.5. The van der Waals surface area contributed by atoms with E-state index in [0.29, 0.717) is 25.7 Å². The van der Waals surface area contributed by atoms with E-state index in [0.717, 1.165) is 167 Å². The minimum absolute atomic E-state index is 0.0774. The second kappa shape index (κ2) is 73.3. The molecular weight excluding hydrogens is 1310 g/mol. The molecule has 0 aromatic carbocycles. The van der Waals surface area contributed by atoms with Gasteiger partial charge in [0.2, 0.25) is 0 Å². The van der Waals surface area contributed by atoms with Gasteiger partial charge in [0.25, 0.3) is 0 Å². The molecule has 0 rings (SSSR count). The summed E-state index contributed by atoms with van der Waals surface area (Å²) in [5.41, 5.74) is 0. The molecule has 0 saturated carbocycles. The van der Waals surface area contributed by atoms with Crippen molar-refractivity contribution in [2.45, 2.75) is 354 Å². The van der Waals surface area contributed by atoms with Gasteiger partial charge in [-0.3, -0.25) is 37.3 Å². The number of unbranched alkanes of at least 4 members (excludes halogenated alkanes) is 32. The van der Waals surface area contributed by atoms with Gasteiger partial charge in [0.1, 0.15) is 19.3 Å². The number of rotatable bonds is 74. The minimum Gasteiger partial charge on any atom is -0.462 e. The predicted molar refractivity (Wildman–Crippen MR) is 409 cm³/mol. The fourth-order valence-electron chi connectivity index (χ4n) is 10.5. The predicted octanol–water partition coefficient (Wildman–Crippen LogP) is 22.8. The van der Waals surface area contributed by atoms with Crippen molar-refractivity contribution < 1.29 is 80.2 Å². The zero-order chi connectivity index (χ0) is 73.2. The molecule has 5 atom stereocenters. The summed E-state index contributed by atoms with van der Waals surface area (Å²) in [5.74, 6) is -2.22. The van der Waals surface area contributed by atoms with Crippen LogP contribution in [0.15, 0.2) is 97.2 Å². The number of phosphoric acid groups is 2. The summed E-state index contributed by atoms with van der Waals surface area (Å²) in [4.78, 5) is 72.9. The third kappa shape index (κ3) is 72.3. The fourth-order valence-corrected chi connectivity index (χ4v) is 12.0. The Bertz CT molecular complexity index is 2270. The van der Waals surface area contributed by atoms with Gasteiger partial charge in [0.05, 0.1) is 26.4 Å². The molecule has 0 heterocycles. The molecule has 0 aliphatic heterocycles. The van der Waals surface area contributed by atoms with E-state index < -0.39 is 97.5 Å². The van der Waals surface area contributed by atoms with E-state index in [9.17, 15) is 43.2 Å². The summed E-state index contributed by atoms with van der Waals surface area (Å²) < 4.78 is 68.5. The van der Waals surface area contributed by atoms with Crippen LogP contribution in [0.3, 0.4) is 0 Å². The molecule has 0 aliphatic rings. The number of allylic oxidation sites excluding steroid dienone is 16. The highest BCUT2D eigenvalue weighted by Gasteiger charge is 2.30. The first-order chi connectivity index (χ1) is 48.7. The van der Waals surface area contributed by atoms with Crippen molar-refractivity contribution in [2.75, 3.05) is 39.6 Å². The second-order valence-electron chi connectivity index (χ2n) is 26.3. The number of phosphoric ester groups is 2. The summed E-state index contributed by atoms with van der Waals surface area (Å²) in [6, 6.07) is 0. The van der Waals surface area contributed by atoms with Crippen molar-refractivity contribution in [1.82, 2.24) is 0 Å². The summed E-state index contributed by atoms with van der Waals surface area (Å²) >= 11 is 0. The van der Waals surface area contributed by atoms with Crippen LogP contribution >= 0.6 is 15.6 Å². The average Bonchev–Trinajstić information content (AvgIpc) is 0.946. The fraction of sp³-hybridized carbons (Fsp3) is 0.753. The van der Waals surface area contributed by atoms with Gasteiger partial charge >= 0.3 is 39.5 Å². The van der Waals surface area contributed by atoms with Gasteiger partial charge in [-0.2, -0.15) is 0 Å². The van der Waals surface area contributed by atoms with Crippen molar-refractivity contribution in [3.8, 4) is 0 Å².